The second kappa shape index (κ2) is 7.00. The predicted molar refractivity (Wildman–Crippen MR) is 81.7 cm³/mol. The summed E-state index contributed by atoms with van der Waals surface area (Å²) in [6, 6.07) is 15.3. The van der Waals surface area contributed by atoms with Crippen molar-refractivity contribution in [1.82, 2.24) is 0 Å². The molecule has 0 unspecified atom stereocenters. The highest BCUT2D eigenvalue weighted by atomic mass is 79.9. The van der Waals surface area contributed by atoms with Crippen LogP contribution < -0.4 is 4.74 Å². The molecular formula is C16H15BrO2. The molecule has 0 fully saturated rings. The number of halogens is 1. The Morgan fingerprint density at radius 3 is 2.58 bits per heavy atom. The minimum absolute atomic E-state index is 0.225. The van der Waals surface area contributed by atoms with Gasteiger partial charge in [0.05, 0.1) is 0 Å². The second-order valence-electron chi connectivity index (χ2n) is 4.05. The van der Waals surface area contributed by atoms with Crippen LogP contribution in [0.3, 0.4) is 0 Å². The zero-order valence-corrected chi connectivity index (χ0v) is 12.0. The van der Waals surface area contributed by atoms with Crippen LogP contribution in [-0.4, -0.2) is 10.4 Å². The molecule has 0 spiro atoms. The van der Waals surface area contributed by atoms with Crippen LogP contribution in [0.4, 0.5) is 0 Å². The number of hydrogen-bond donors (Lipinski definition) is 1. The van der Waals surface area contributed by atoms with Gasteiger partial charge in [-0.15, -0.1) is 0 Å². The maximum Gasteiger partial charge on any atom is 0.126 e. The predicted octanol–water partition coefficient (Wildman–Crippen LogP) is 4.38. The molecule has 2 aromatic rings. The SMILES string of the molecule is Oc1cc(OCc2ccccc2)ccc1C=CCBr. The highest BCUT2D eigenvalue weighted by molar-refractivity contribution is 9.09. The van der Waals surface area contributed by atoms with Crippen LogP contribution in [0.25, 0.3) is 6.08 Å². The van der Waals surface area contributed by atoms with E-state index < -0.39 is 0 Å². The molecule has 0 aliphatic heterocycles. The van der Waals surface area contributed by atoms with E-state index in [1.807, 2.05) is 54.6 Å². The zero-order valence-electron chi connectivity index (χ0n) is 10.4. The average molecular weight is 319 g/mol. The molecule has 3 heteroatoms. The molecule has 2 rings (SSSR count). The lowest BCUT2D eigenvalue weighted by atomic mass is 10.2. The number of rotatable bonds is 5. The van der Waals surface area contributed by atoms with Crippen LogP contribution in [-0.2, 0) is 6.61 Å². The van der Waals surface area contributed by atoms with Crippen molar-refractivity contribution in [1.29, 1.82) is 0 Å². The molecule has 0 radical (unpaired) electrons. The first-order chi connectivity index (χ1) is 9.29. The topological polar surface area (TPSA) is 29.5 Å². The van der Waals surface area contributed by atoms with Crippen molar-refractivity contribution in [3.8, 4) is 11.5 Å². The summed E-state index contributed by atoms with van der Waals surface area (Å²) in [6.07, 6.45) is 3.80. The van der Waals surface area contributed by atoms with Gasteiger partial charge in [-0.1, -0.05) is 58.4 Å². The maximum absolute atomic E-state index is 9.87. The van der Waals surface area contributed by atoms with E-state index >= 15 is 0 Å². The van der Waals surface area contributed by atoms with Gasteiger partial charge >= 0.3 is 0 Å². The lowest BCUT2D eigenvalue weighted by molar-refractivity contribution is 0.304. The van der Waals surface area contributed by atoms with Gasteiger partial charge in [0, 0.05) is 17.0 Å². The number of aromatic hydroxyl groups is 1. The molecule has 0 aromatic heterocycles. The molecule has 98 valence electrons. The van der Waals surface area contributed by atoms with Gasteiger partial charge < -0.3 is 9.84 Å². The van der Waals surface area contributed by atoms with Gasteiger partial charge in [0.25, 0.3) is 0 Å². The lowest BCUT2D eigenvalue weighted by Crippen LogP contribution is -1.94. The van der Waals surface area contributed by atoms with Crippen LogP contribution >= 0.6 is 15.9 Å². The number of phenols is 1. The summed E-state index contributed by atoms with van der Waals surface area (Å²) in [5, 5.41) is 10.6. The summed E-state index contributed by atoms with van der Waals surface area (Å²) in [4.78, 5) is 0. The number of alkyl halides is 1. The molecule has 0 aliphatic carbocycles. The Kier molecular flexibility index (Phi) is 5.04. The summed E-state index contributed by atoms with van der Waals surface area (Å²) in [5.41, 5.74) is 1.89. The highest BCUT2D eigenvalue weighted by Gasteiger charge is 2.01. The molecule has 1 N–H and O–H groups in total. The van der Waals surface area contributed by atoms with Gasteiger partial charge in [-0.25, -0.2) is 0 Å². The van der Waals surface area contributed by atoms with Gasteiger partial charge in [-0.05, 0) is 17.7 Å². The van der Waals surface area contributed by atoms with Gasteiger partial charge in [-0.2, -0.15) is 0 Å². The fourth-order valence-electron chi connectivity index (χ4n) is 1.67. The van der Waals surface area contributed by atoms with Crippen LogP contribution in [0.2, 0.25) is 0 Å². The molecule has 0 saturated carbocycles. The van der Waals surface area contributed by atoms with E-state index in [0.717, 1.165) is 16.5 Å². The third-order valence-corrected chi connectivity index (χ3v) is 3.01. The summed E-state index contributed by atoms with van der Waals surface area (Å²) in [5.74, 6) is 0.889. The Morgan fingerprint density at radius 2 is 1.89 bits per heavy atom. The van der Waals surface area contributed by atoms with E-state index in [4.69, 9.17) is 4.74 Å². The molecule has 0 aliphatic rings. The van der Waals surface area contributed by atoms with Crippen molar-refractivity contribution in [2.75, 3.05) is 5.33 Å². The van der Waals surface area contributed by atoms with Crippen molar-refractivity contribution in [2.45, 2.75) is 6.61 Å². The molecule has 0 bridgehead atoms. The fourth-order valence-corrected chi connectivity index (χ4v) is 1.85. The number of benzene rings is 2. The largest absolute Gasteiger partial charge is 0.507 e. The molecular weight excluding hydrogens is 304 g/mol. The summed E-state index contributed by atoms with van der Waals surface area (Å²) in [7, 11) is 0. The quantitative estimate of drug-likeness (QED) is 0.829. The molecule has 0 saturated heterocycles. The fraction of sp³-hybridized carbons (Fsp3) is 0.125. The number of ether oxygens (including phenoxy) is 1. The van der Waals surface area contributed by atoms with Crippen LogP contribution in [0.15, 0.2) is 54.6 Å². The number of hydrogen-bond acceptors (Lipinski definition) is 2. The minimum atomic E-state index is 0.225. The second-order valence-corrected chi connectivity index (χ2v) is 4.70. The number of phenolic OH excluding ortho intramolecular Hbond substituents is 1. The van der Waals surface area contributed by atoms with Crippen molar-refractivity contribution < 1.29 is 9.84 Å². The Bertz CT molecular complexity index is 550. The highest BCUT2D eigenvalue weighted by Crippen LogP contribution is 2.25. The van der Waals surface area contributed by atoms with E-state index in [1.54, 1.807) is 6.07 Å². The first-order valence-electron chi connectivity index (χ1n) is 6.02. The van der Waals surface area contributed by atoms with E-state index in [9.17, 15) is 5.11 Å². The van der Waals surface area contributed by atoms with Crippen molar-refractivity contribution in [3.05, 3.63) is 65.7 Å². The molecule has 2 nitrogen and oxygen atoms in total. The van der Waals surface area contributed by atoms with Crippen molar-refractivity contribution in [3.63, 3.8) is 0 Å². The summed E-state index contributed by atoms with van der Waals surface area (Å²) in [6.45, 7) is 0.497. The Balaban J connectivity index is 2.02. The number of allylic oxidation sites excluding steroid dienone is 1. The van der Waals surface area contributed by atoms with Gasteiger partial charge in [0.1, 0.15) is 18.1 Å². The first-order valence-corrected chi connectivity index (χ1v) is 7.14. The van der Waals surface area contributed by atoms with Crippen molar-refractivity contribution >= 4 is 22.0 Å². The Morgan fingerprint density at radius 1 is 1.11 bits per heavy atom. The molecule has 0 amide bonds. The third-order valence-electron chi connectivity index (χ3n) is 2.64. The third kappa shape index (κ3) is 4.14. The lowest BCUT2D eigenvalue weighted by Gasteiger charge is -2.07. The molecule has 19 heavy (non-hydrogen) atoms. The Labute approximate surface area is 121 Å². The monoisotopic (exact) mass is 318 g/mol. The van der Waals surface area contributed by atoms with E-state index in [0.29, 0.717) is 12.4 Å². The van der Waals surface area contributed by atoms with E-state index in [2.05, 4.69) is 15.9 Å². The first kappa shape index (κ1) is 13.7. The molecule has 2 aromatic carbocycles. The zero-order chi connectivity index (χ0) is 13.5. The van der Waals surface area contributed by atoms with Gasteiger partial charge in [0.15, 0.2) is 0 Å². The van der Waals surface area contributed by atoms with Crippen molar-refractivity contribution in [2.24, 2.45) is 0 Å². The van der Waals surface area contributed by atoms with Crippen LogP contribution in [0, 0.1) is 0 Å². The van der Waals surface area contributed by atoms with Crippen LogP contribution in [0.1, 0.15) is 11.1 Å². The normalized spacial score (nSPS) is 10.8. The smallest absolute Gasteiger partial charge is 0.126 e. The molecule has 0 heterocycles. The van der Waals surface area contributed by atoms with E-state index in [-0.39, 0.29) is 5.75 Å². The van der Waals surface area contributed by atoms with Gasteiger partial charge in [0.2, 0.25) is 0 Å². The van der Waals surface area contributed by atoms with Crippen LogP contribution in [0.5, 0.6) is 11.5 Å². The van der Waals surface area contributed by atoms with Gasteiger partial charge in [-0.3, -0.25) is 0 Å². The summed E-state index contributed by atoms with van der Waals surface area (Å²) < 4.78 is 5.64. The Hall–Kier alpha value is -1.74. The summed E-state index contributed by atoms with van der Waals surface area (Å²) >= 11 is 3.30. The van der Waals surface area contributed by atoms with E-state index in [1.165, 1.54) is 0 Å². The average Bonchev–Trinajstić information content (AvgIpc) is 2.45. The molecule has 0 atom stereocenters. The standard InChI is InChI=1S/C16H15BrO2/c17-10-4-7-14-8-9-15(11-16(14)18)19-12-13-5-2-1-3-6-13/h1-9,11,18H,10,12H2. The maximum atomic E-state index is 9.87. The minimum Gasteiger partial charge on any atom is -0.507 e.